The molecule has 0 aliphatic heterocycles. The van der Waals surface area contributed by atoms with E-state index in [4.69, 9.17) is 0 Å². The van der Waals surface area contributed by atoms with Crippen molar-refractivity contribution in [3.63, 3.8) is 0 Å². The lowest BCUT2D eigenvalue weighted by Crippen LogP contribution is -2.39. The summed E-state index contributed by atoms with van der Waals surface area (Å²) in [5, 5.41) is 3.47. The molecule has 0 aromatic heterocycles. The summed E-state index contributed by atoms with van der Waals surface area (Å²) in [7, 11) is 2.24. The van der Waals surface area contributed by atoms with Gasteiger partial charge in [-0.1, -0.05) is 44.5 Å². The molecule has 0 amide bonds. The van der Waals surface area contributed by atoms with E-state index in [1.165, 1.54) is 24.0 Å². The Morgan fingerprint density at radius 3 is 2.56 bits per heavy atom. The Labute approximate surface area is 112 Å². The highest BCUT2D eigenvalue weighted by Gasteiger charge is 2.14. The van der Waals surface area contributed by atoms with E-state index in [1.54, 1.807) is 0 Å². The highest BCUT2D eigenvalue weighted by molar-refractivity contribution is 5.25. The highest BCUT2D eigenvalue weighted by Crippen LogP contribution is 2.13. The van der Waals surface area contributed by atoms with Crippen molar-refractivity contribution >= 4 is 0 Å². The predicted molar refractivity (Wildman–Crippen MR) is 79.9 cm³/mol. The molecule has 0 aliphatic rings. The van der Waals surface area contributed by atoms with Gasteiger partial charge < -0.3 is 5.32 Å². The van der Waals surface area contributed by atoms with Crippen molar-refractivity contribution in [3.8, 4) is 0 Å². The Kier molecular flexibility index (Phi) is 6.99. The normalized spacial score (nSPS) is 12.9. The molecule has 18 heavy (non-hydrogen) atoms. The van der Waals surface area contributed by atoms with E-state index in [-0.39, 0.29) is 0 Å². The Bertz CT molecular complexity index is 336. The lowest BCUT2D eigenvalue weighted by atomic mass is 10.1. The van der Waals surface area contributed by atoms with E-state index in [0.717, 1.165) is 19.6 Å². The molecule has 2 nitrogen and oxygen atoms in total. The number of aryl methyl sites for hydroxylation is 1. The van der Waals surface area contributed by atoms with Gasteiger partial charge in [-0.2, -0.15) is 0 Å². The van der Waals surface area contributed by atoms with E-state index < -0.39 is 0 Å². The molecule has 1 unspecified atom stereocenters. The maximum Gasteiger partial charge on any atom is 0.0236 e. The van der Waals surface area contributed by atoms with Crippen LogP contribution in [0.2, 0.25) is 0 Å². The van der Waals surface area contributed by atoms with Gasteiger partial charge in [0.25, 0.3) is 0 Å². The van der Waals surface area contributed by atoms with Crippen LogP contribution >= 0.6 is 0 Å². The van der Waals surface area contributed by atoms with Gasteiger partial charge in [0, 0.05) is 19.1 Å². The third kappa shape index (κ3) is 4.79. The molecule has 0 spiro atoms. The van der Waals surface area contributed by atoms with Crippen LogP contribution in [0.4, 0.5) is 0 Å². The molecule has 0 saturated carbocycles. The highest BCUT2D eigenvalue weighted by atomic mass is 15.1. The van der Waals surface area contributed by atoms with Crippen LogP contribution in [0.3, 0.4) is 0 Å². The number of nitrogens with zero attached hydrogens (tertiary/aromatic N) is 1. The van der Waals surface area contributed by atoms with Crippen LogP contribution in [0, 0.1) is 6.92 Å². The fourth-order valence-electron chi connectivity index (χ4n) is 2.31. The van der Waals surface area contributed by atoms with Crippen molar-refractivity contribution in [2.75, 3.05) is 20.1 Å². The molecule has 0 fully saturated rings. The molecule has 1 rings (SSSR count). The molecule has 1 aromatic carbocycles. The Morgan fingerprint density at radius 1 is 1.22 bits per heavy atom. The SMILES string of the molecule is CCCC(CNCC)N(C)Cc1ccccc1C. The molecule has 0 saturated heterocycles. The van der Waals surface area contributed by atoms with Crippen LogP contribution in [0.15, 0.2) is 24.3 Å². The van der Waals surface area contributed by atoms with Crippen molar-refractivity contribution in [1.29, 1.82) is 0 Å². The number of hydrogen-bond donors (Lipinski definition) is 1. The number of likely N-dealkylation sites (N-methyl/N-ethyl adjacent to an activating group) is 2. The summed E-state index contributed by atoms with van der Waals surface area (Å²) >= 11 is 0. The van der Waals surface area contributed by atoms with Gasteiger partial charge in [-0.15, -0.1) is 0 Å². The van der Waals surface area contributed by atoms with Crippen molar-refractivity contribution in [2.24, 2.45) is 0 Å². The number of hydrogen-bond acceptors (Lipinski definition) is 2. The minimum Gasteiger partial charge on any atom is -0.315 e. The smallest absolute Gasteiger partial charge is 0.0236 e. The van der Waals surface area contributed by atoms with Crippen LogP contribution in [0.25, 0.3) is 0 Å². The van der Waals surface area contributed by atoms with Crippen molar-refractivity contribution in [3.05, 3.63) is 35.4 Å². The largest absolute Gasteiger partial charge is 0.315 e. The topological polar surface area (TPSA) is 15.3 Å². The lowest BCUT2D eigenvalue weighted by Gasteiger charge is -2.28. The first-order valence-corrected chi connectivity index (χ1v) is 7.14. The summed E-state index contributed by atoms with van der Waals surface area (Å²) in [6.45, 7) is 9.82. The number of benzene rings is 1. The Morgan fingerprint density at radius 2 is 1.94 bits per heavy atom. The van der Waals surface area contributed by atoms with E-state index in [0.29, 0.717) is 6.04 Å². The molecule has 1 N–H and O–H groups in total. The van der Waals surface area contributed by atoms with E-state index in [9.17, 15) is 0 Å². The summed E-state index contributed by atoms with van der Waals surface area (Å²) in [6, 6.07) is 9.32. The van der Waals surface area contributed by atoms with Crippen molar-refractivity contribution in [2.45, 2.75) is 46.2 Å². The molecule has 1 aromatic rings. The monoisotopic (exact) mass is 248 g/mol. The molecular weight excluding hydrogens is 220 g/mol. The zero-order valence-corrected chi connectivity index (χ0v) is 12.4. The maximum absolute atomic E-state index is 3.47. The summed E-state index contributed by atoms with van der Waals surface area (Å²) in [4.78, 5) is 2.48. The minimum absolute atomic E-state index is 0.634. The molecule has 0 aliphatic carbocycles. The zero-order valence-electron chi connectivity index (χ0n) is 12.4. The third-order valence-electron chi connectivity index (χ3n) is 3.56. The van der Waals surface area contributed by atoms with Gasteiger partial charge in [0.15, 0.2) is 0 Å². The molecule has 1 atom stereocenters. The first-order chi connectivity index (χ1) is 8.69. The standard InChI is InChI=1S/C16H28N2/c1-5-9-16(12-17-6-2)18(4)13-15-11-8-7-10-14(15)3/h7-8,10-11,16-17H,5-6,9,12-13H2,1-4H3. The van der Waals surface area contributed by atoms with Gasteiger partial charge in [-0.05, 0) is 38.1 Å². The fraction of sp³-hybridized carbons (Fsp3) is 0.625. The number of nitrogens with one attached hydrogen (secondary N) is 1. The van der Waals surface area contributed by atoms with Crippen LogP contribution in [-0.4, -0.2) is 31.1 Å². The van der Waals surface area contributed by atoms with Gasteiger partial charge >= 0.3 is 0 Å². The molecule has 0 radical (unpaired) electrons. The second kappa shape index (κ2) is 8.28. The van der Waals surface area contributed by atoms with E-state index in [1.807, 2.05) is 0 Å². The van der Waals surface area contributed by atoms with Gasteiger partial charge in [0.2, 0.25) is 0 Å². The van der Waals surface area contributed by atoms with Gasteiger partial charge in [0.05, 0.1) is 0 Å². The van der Waals surface area contributed by atoms with Crippen LogP contribution in [0.1, 0.15) is 37.8 Å². The van der Waals surface area contributed by atoms with Crippen LogP contribution in [-0.2, 0) is 6.54 Å². The average Bonchev–Trinajstić information content (AvgIpc) is 2.37. The van der Waals surface area contributed by atoms with E-state index in [2.05, 4.69) is 62.3 Å². The lowest BCUT2D eigenvalue weighted by molar-refractivity contribution is 0.215. The number of rotatable bonds is 8. The summed E-state index contributed by atoms with van der Waals surface area (Å²) in [5.74, 6) is 0. The molecule has 2 heteroatoms. The quantitative estimate of drug-likeness (QED) is 0.760. The Balaban J connectivity index is 2.60. The molecule has 102 valence electrons. The molecule has 0 bridgehead atoms. The summed E-state index contributed by atoms with van der Waals surface area (Å²) in [5.41, 5.74) is 2.83. The molecule has 0 heterocycles. The van der Waals surface area contributed by atoms with Gasteiger partial charge in [-0.3, -0.25) is 4.90 Å². The maximum atomic E-state index is 3.47. The predicted octanol–water partition coefficient (Wildman–Crippen LogP) is 3.21. The minimum atomic E-state index is 0.634. The Hall–Kier alpha value is -0.860. The average molecular weight is 248 g/mol. The van der Waals surface area contributed by atoms with Crippen LogP contribution < -0.4 is 5.32 Å². The zero-order chi connectivity index (χ0) is 13.4. The first-order valence-electron chi connectivity index (χ1n) is 7.14. The van der Waals surface area contributed by atoms with Crippen LogP contribution in [0.5, 0.6) is 0 Å². The van der Waals surface area contributed by atoms with Crippen molar-refractivity contribution in [1.82, 2.24) is 10.2 Å². The van der Waals surface area contributed by atoms with Gasteiger partial charge in [-0.25, -0.2) is 0 Å². The summed E-state index contributed by atoms with van der Waals surface area (Å²) < 4.78 is 0. The molecular formula is C16H28N2. The van der Waals surface area contributed by atoms with Crippen molar-refractivity contribution < 1.29 is 0 Å². The second-order valence-electron chi connectivity index (χ2n) is 5.09. The third-order valence-corrected chi connectivity index (χ3v) is 3.56. The summed E-state index contributed by atoms with van der Waals surface area (Å²) in [6.07, 6.45) is 2.50. The second-order valence-corrected chi connectivity index (χ2v) is 5.09. The first kappa shape index (κ1) is 15.2. The van der Waals surface area contributed by atoms with Gasteiger partial charge in [0.1, 0.15) is 0 Å². The van der Waals surface area contributed by atoms with E-state index >= 15 is 0 Å². The fourth-order valence-corrected chi connectivity index (χ4v) is 2.31.